The summed E-state index contributed by atoms with van der Waals surface area (Å²) in [6, 6.07) is 13.7. The van der Waals surface area contributed by atoms with Crippen LogP contribution in [0.3, 0.4) is 0 Å². The summed E-state index contributed by atoms with van der Waals surface area (Å²) >= 11 is 0. The molecule has 2 heteroatoms. The van der Waals surface area contributed by atoms with Crippen molar-refractivity contribution in [1.82, 2.24) is 0 Å². The van der Waals surface area contributed by atoms with Gasteiger partial charge in [-0.3, -0.25) is 0 Å². The number of benzene rings is 2. The van der Waals surface area contributed by atoms with E-state index in [1.807, 2.05) is 51.1 Å². The molecule has 0 spiro atoms. The lowest BCUT2D eigenvalue weighted by molar-refractivity contribution is -0.137. The van der Waals surface area contributed by atoms with Crippen LogP contribution in [0.5, 0.6) is 0 Å². The van der Waals surface area contributed by atoms with Gasteiger partial charge < -0.3 is 4.74 Å². The molecule has 0 saturated carbocycles. The van der Waals surface area contributed by atoms with Crippen molar-refractivity contribution in [3.63, 3.8) is 0 Å². The third-order valence-electron chi connectivity index (χ3n) is 3.18. The molecular weight excluding hydrogens is 260 g/mol. The van der Waals surface area contributed by atoms with Crippen LogP contribution in [0.1, 0.15) is 27.8 Å². The fourth-order valence-electron chi connectivity index (χ4n) is 2.25. The van der Waals surface area contributed by atoms with Gasteiger partial charge in [-0.2, -0.15) is 0 Å². The molecule has 2 nitrogen and oxygen atoms in total. The van der Waals surface area contributed by atoms with E-state index >= 15 is 0 Å². The molecule has 2 rings (SSSR count). The molecule has 0 saturated heterocycles. The van der Waals surface area contributed by atoms with E-state index in [0.717, 1.165) is 22.3 Å². The molecule has 0 bridgehead atoms. The monoisotopic (exact) mass is 278 g/mol. The van der Waals surface area contributed by atoms with Gasteiger partial charge in [0.2, 0.25) is 0 Å². The number of aryl methyl sites for hydroxylation is 3. The van der Waals surface area contributed by atoms with Gasteiger partial charge in [0.15, 0.2) is 0 Å². The highest BCUT2D eigenvalue weighted by molar-refractivity contribution is 5.89. The Kier molecular flexibility index (Phi) is 4.79. The first-order valence-electron chi connectivity index (χ1n) is 6.87. The fraction of sp³-hybridized carbons (Fsp3) is 0.211. The minimum absolute atomic E-state index is 0.250. The SMILES string of the molecule is Cc1cc(C)c(C#CC(=O)OCc2ccccc2)c(C)c1. The predicted octanol–water partition coefficient (Wildman–Crippen LogP) is 3.71. The number of carbonyl (C=O) groups is 1. The van der Waals surface area contributed by atoms with Gasteiger partial charge in [-0.05, 0) is 37.5 Å². The molecule has 0 fully saturated rings. The zero-order valence-corrected chi connectivity index (χ0v) is 12.6. The van der Waals surface area contributed by atoms with E-state index in [9.17, 15) is 4.79 Å². The Morgan fingerprint density at radius 2 is 1.67 bits per heavy atom. The first-order valence-corrected chi connectivity index (χ1v) is 6.87. The van der Waals surface area contributed by atoms with Gasteiger partial charge in [-0.1, -0.05) is 53.9 Å². The Morgan fingerprint density at radius 1 is 1.05 bits per heavy atom. The fourth-order valence-corrected chi connectivity index (χ4v) is 2.25. The van der Waals surface area contributed by atoms with Crippen molar-refractivity contribution in [2.75, 3.05) is 0 Å². The van der Waals surface area contributed by atoms with Crippen LogP contribution < -0.4 is 0 Å². The van der Waals surface area contributed by atoms with E-state index in [-0.39, 0.29) is 6.61 Å². The molecule has 0 N–H and O–H groups in total. The predicted molar refractivity (Wildman–Crippen MR) is 83.8 cm³/mol. The van der Waals surface area contributed by atoms with Gasteiger partial charge in [0, 0.05) is 11.5 Å². The molecule has 0 atom stereocenters. The van der Waals surface area contributed by atoms with Crippen molar-refractivity contribution in [3.05, 3.63) is 70.3 Å². The molecule has 21 heavy (non-hydrogen) atoms. The van der Waals surface area contributed by atoms with E-state index in [4.69, 9.17) is 4.74 Å². The van der Waals surface area contributed by atoms with Crippen molar-refractivity contribution >= 4 is 5.97 Å². The summed E-state index contributed by atoms with van der Waals surface area (Å²) in [5.41, 5.74) is 5.21. The van der Waals surface area contributed by atoms with E-state index in [2.05, 4.69) is 24.0 Å². The number of hydrogen-bond acceptors (Lipinski definition) is 2. The maximum Gasteiger partial charge on any atom is 0.385 e. The van der Waals surface area contributed by atoms with Crippen molar-refractivity contribution < 1.29 is 9.53 Å². The van der Waals surface area contributed by atoms with E-state index in [1.165, 1.54) is 5.56 Å². The maximum absolute atomic E-state index is 11.7. The van der Waals surface area contributed by atoms with Crippen LogP contribution in [-0.4, -0.2) is 5.97 Å². The zero-order valence-electron chi connectivity index (χ0n) is 12.6. The van der Waals surface area contributed by atoms with Gasteiger partial charge in [0.1, 0.15) is 6.61 Å². The topological polar surface area (TPSA) is 26.3 Å². The molecule has 2 aromatic carbocycles. The largest absolute Gasteiger partial charge is 0.451 e. The van der Waals surface area contributed by atoms with Crippen LogP contribution in [0.2, 0.25) is 0 Å². The molecule has 0 aliphatic rings. The lowest BCUT2D eigenvalue weighted by Crippen LogP contribution is -2.01. The van der Waals surface area contributed by atoms with Crippen molar-refractivity contribution in [2.24, 2.45) is 0 Å². The Hall–Kier alpha value is -2.53. The van der Waals surface area contributed by atoms with Crippen molar-refractivity contribution in [2.45, 2.75) is 27.4 Å². The van der Waals surface area contributed by atoms with Crippen LogP contribution in [-0.2, 0) is 16.1 Å². The standard InChI is InChI=1S/C19H18O2/c1-14-11-15(2)18(16(3)12-14)9-10-19(20)21-13-17-7-5-4-6-8-17/h4-8,11-12H,13H2,1-3H3. The minimum atomic E-state index is -0.502. The number of esters is 1. The molecule has 0 unspecified atom stereocenters. The van der Waals surface area contributed by atoms with Gasteiger partial charge >= 0.3 is 5.97 Å². The molecular formula is C19H18O2. The molecule has 0 aromatic heterocycles. The lowest BCUT2D eigenvalue weighted by Gasteiger charge is -2.04. The summed E-state index contributed by atoms with van der Waals surface area (Å²) in [5, 5.41) is 0. The zero-order chi connectivity index (χ0) is 15.2. The molecule has 0 aliphatic heterocycles. The number of carbonyl (C=O) groups excluding carboxylic acids is 1. The Bertz CT molecular complexity index is 680. The second-order valence-corrected chi connectivity index (χ2v) is 5.09. The van der Waals surface area contributed by atoms with Crippen LogP contribution in [0.4, 0.5) is 0 Å². The maximum atomic E-state index is 11.7. The number of ether oxygens (including phenoxy) is 1. The highest BCUT2D eigenvalue weighted by atomic mass is 16.5. The molecule has 0 radical (unpaired) electrons. The van der Waals surface area contributed by atoms with E-state index < -0.39 is 5.97 Å². The highest BCUT2D eigenvalue weighted by Crippen LogP contribution is 2.14. The van der Waals surface area contributed by atoms with Crippen LogP contribution in [0, 0.1) is 32.6 Å². The van der Waals surface area contributed by atoms with Gasteiger partial charge in [0.05, 0.1) is 0 Å². The lowest BCUT2D eigenvalue weighted by atomic mass is 10.0. The molecule has 2 aromatic rings. The van der Waals surface area contributed by atoms with Crippen LogP contribution in [0.25, 0.3) is 0 Å². The van der Waals surface area contributed by atoms with Crippen LogP contribution >= 0.6 is 0 Å². The first-order chi connectivity index (χ1) is 10.1. The average Bonchev–Trinajstić information content (AvgIpc) is 2.45. The number of hydrogen-bond donors (Lipinski definition) is 0. The summed E-state index contributed by atoms with van der Waals surface area (Å²) in [5.74, 6) is 4.98. The van der Waals surface area contributed by atoms with Crippen molar-refractivity contribution in [3.8, 4) is 11.8 Å². The molecule has 0 amide bonds. The van der Waals surface area contributed by atoms with E-state index in [1.54, 1.807) is 0 Å². The van der Waals surface area contributed by atoms with Gasteiger partial charge in [-0.25, -0.2) is 4.79 Å². The molecule has 0 aliphatic carbocycles. The Balaban J connectivity index is 2.04. The third-order valence-corrected chi connectivity index (χ3v) is 3.18. The summed E-state index contributed by atoms with van der Waals surface area (Å²) < 4.78 is 5.14. The third kappa shape index (κ3) is 4.22. The quantitative estimate of drug-likeness (QED) is 0.618. The highest BCUT2D eigenvalue weighted by Gasteiger charge is 2.02. The first kappa shape index (κ1) is 14.9. The second kappa shape index (κ2) is 6.76. The van der Waals surface area contributed by atoms with Gasteiger partial charge in [-0.15, -0.1) is 0 Å². The molecule has 0 heterocycles. The summed E-state index contributed by atoms with van der Waals surface area (Å²) in [4.78, 5) is 11.7. The summed E-state index contributed by atoms with van der Waals surface area (Å²) in [6.45, 7) is 6.30. The smallest absolute Gasteiger partial charge is 0.385 e. The number of rotatable bonds is 2. The second-order valence-electron chi connectivity index (χ2n) is 5.09. The van der Waals surface area contributed by atoms with Gasteiger partial charge in [0.25, 0.3) is 0 Å². The summed E-state index contributed by atoms with van der Waals surface area (Å²) in [6.07, 6.45) is 0. The Morgan fingerprint density at radius 3 is 2.29 bits per heavy atom. The Labute approximate surface area is 125 Å². The van der Waals surface area contributed by atoms with Crippen LogP contribution in [0.15, 0.2) is 42.5 Å². The van der Waals surface area contributed by atoms with Crippen molar-refractivity contribution in [1.29, 1.82) is 0 Å². The molecule has 106 valence electrons. The minimum Gasteiger partial charge on any atom is -0.451 e. The average molecular weight is 278 g/mol. The summed E-state index contributed by atoms with van der Waals surface area (Å²) in [7, 11) is 0. The van der Waals surface area contributed by atoms with E-state index in [0.29, 0.717) is 0 Å². The normalized spacial score (nSPS) is 9.67.